The molecule has 0 aliphatic rings. The van der Waals surface area contributed by atoms with E-state index in [1.54, 1.807) is 42.6 Å². The summed E-state index contributed by atoms with van der Waals surface area (Å²) in [5.41, 5.74) is 1.96. The first kappa shape index (κ1) is 17.6. The van der Waals surface area contributed by atoms with Gasteiger partial charge in [0.05, 0.1) is 21.9 Å². The Morgan fingerprint density at radius 1 is 1.08 bits per heavy atom. The minimum absolute atomic E-state index is 0.0347. The molecule has 1 heterocycles. The first-order chi connectivity index (χ1) is 12.5. The summed E-state index contributed by atoms with van der Waals surface area (Å²) >= 11 is 1.38. The number of carbonyl (C=O) groups is 1. The lowest BCUT2D eigenvalue weighted by Crippen LogP contribution is -2.14. The zero-order valence-electron chi connectivity index (χ0n) is 13.9. The van der Waals surface area contributed by atoms with Gasteiger partial charge >= 0.3 is 0 Å². The molecule has 0 spiro atoms. The summed E-state index contributed by atoms with van der Waals surface area (Å²) in [6.07, 6.45) is 1.67. The molecule has 1 amide bonds. The Morgan fingerprint density at radius 2 is 1.81 bits per heavy atom. The van der Waals surface area contributed by atoms with E-state index < -0.39 is 4.92 Å². The first-order valence-electron chi connectivity index (χ1n) is 7.79. The summed E-state index contributed by atoms with van der Waals surface area (Å²) in [7, 11) is 0. The molecule has 6 nitrogen and oxygen atoms in total. The van der Waals surface area contributed by atoms with E-state index in [1.807, 2.05) is 19.1 Å². The molecule has 0 atom stereocenters. The third kappa shape index (κ3) is 4.07. The third-order valence-electron chi connectivity index (χ3n) is 3.66. The average molecular weight is 365 g/mol. The van der Waals surface area contributed by atoms with Gasteiger partial charge in [-0.15, -0.1) is 0 Å². The quantitative estimate of drug-likeness (QED) is 0.523. The predicted octanol–water partition coefficient (Wildman–Crippen LogP) is 4.70. The molecule has 3 aromatic rings. The summed E-state index contributed by atoms with van der Waals surface area (Å²) in [6.45, 7) is 1.83. The van der Waals surface area contributed by atoms with E-state index in [0.717, 1.165) is 15.5 Å². The van der Waals surface area contributed by atoms with Crippen molar-refractivity contribution in [1.29, 1.82) is 0 Å². The molecule has 1 aromatic heterocycles. The number of amides is 1. The van der Waals surface area contributed by atoms with Crippen LogP contribution in [0.15, 0.2) is 76.7 Å². The van der Waals surface area contributed by atoms with Crippen LogP contribution in [0.4, 0.5) is 11.4 Å². The lowest BCUT2D eigenvalue weighted by atomic mass is 10.2. The van der Waals surface area contributed by atoms with Crippen molar-refractivity contribution in [2.75, 3.05) is 5.32 Å². The summed E-state index contributed by atoms with van der Waals surface area (Å²) < 4.78 is 0. The largest absolute Gasteiger partial charge is 0.320 e. The van der Waals surface area contributed by atoms with Crippen LogP contribution in [-0.2, 0) is 0 Å². The molecule has 1 N–H and O–H groups in total. The third-order valence-corrected chi connectivity index (χ3v) is 4.75. The second kappa shape index (κ2) is 7.79. The molecular formula is C19H15N3O3S. The number of aryl methyl sites for hydroxylation is 1. The van der Waals surface area contributed by atoms with Crippen LogP contribution in [0.25, 0.3) is 0 Å². The molecule has 2 aromatic carbocycles. The van der Waals surface area contributed by atoms with Crippen LogP contribution in [0, 0.1) is 17.0 Å². The summed E-state index contributed by atoms with van der Waals surface area (Å²) in [4.78, 5) is 28.7. The molecular weight excluding hydrogens is 350 g/mol. The highest BCUT2D eigenvalue weighted by Gasteiger charge is 2.14. The lowest BCUT2D eigenvalue weighted by molar-refractivity contribution is -0.384. The van der Waals surface area contributed by atoms with Crippen molar-refractivity contribution < 1.29 is 9.72 Å². The van der Waals surface area contributed by atoms with E-state index in [9.17, 15) is 14.9 Å². The summed E-state index contributed by atoms with van der Waals surface area (Å²) in [6, 6.07) is 17.0. The van der Waals surface area contributed by atoms with Gasteiger partial charge in [-0.1, -0.05) is 23.9 Å². The van der Waals surface area contributed by atoms with E-state index in [1.165, 1.54) is 23.9 Å². The van der Waals surface area contributed by atoms with Crippen LogP contribution < -0.4 is 5.32 Å². The number of rotatable bonds is 5. The molecule has 0 bridgehead atoms. The predicted molar refractivity (Wildman–Crippen MR) is 101 cm³/mol. The standard InChI is InChI=1S/C19H15N3O3S/c1-13-17(6-4-12-20-13)21-19(23)16-5-2-3-7-18(16)26-15-10-8-14(9-11-15)22(24)25/h2-12H,1H3,(H,21,23). The van der Waals surface area contributed by atoms with E-state index in [2.05, 4.69) is 10.3 Å². The fraction of sp³-hybridized carbons (Fsp3) is 0.0526. The number of nitro groups is 1. The second-order valence-electron chi connectivity index (χ2n) is 5.44. The van der Waals surface area contributed by atoms with E-state index in [0.29, 0.717) is 11.3 Å². The van der Waals surface area contributed by atoms with E-state index >= 15 is 0 Å². The van der Waals surface area contributed by atoms with Gasteiger partial charge < -0.3 is 5.32 Å². The number of carbonyl (C=O) groups excluding carboxylic acids is 1. The molecule has 3 rings (SSSR count). The van der Waals surface area contributed by atoms with Gasteiger partial charge in [0.1, 0.15) is 0 Å². The second-order valence-corrected chi connectivity index (χ2v) is 6.56. The minimum atomic E-state index is -0.438. The molecule has 0 aliphatic heterocycles. The lowest BCUT2D eigenvalue weighted by Gasteiger charge is -2.11. The molecule has 0 saturated carbocycles. The Kier molecular flexibility index (Phi) is 5.28. The fourth-order valence-electron chi connectivity index (χ4n) is 2.31. The van der Waals surface area contributed by atoms with Gasteiger partial charge in [-0.3, -0.25) is 19.9 Å². The van der Waals surface area contributed by atoms with Crippen molar-refractivity contribution in [2.24, 2.45) is 0 Å². The van der Waals surface area contributed by atoms with Crippen molar-refractivity contribution in [3.05, 3.63) is 88.2 Å². The van der Waals surface area contributed by atoms with Gasteiger partial charge in [0.25, 0.3) is 11.6 Å². The summed E-state index contributed by atoms with van der Waals surface area (Å²) in [5.74, 6) is -0.230. The smallest absolute Gasteiger partial charge is 0.269 e. The maximum Gasteiger partial charge on any atom is 0.269 e. The van der Waals surface area contributed by atoms with Crippen LogP contribution in [0.2, 0.25) is 0 Å². The highest BCUT2D eigenvalue weighted by molar-refractivity contribution is 7.99. The summed E-state index contributed by atoms with van der Waals surface area (Å²) in [5, 5.41) is 13.6. The first-order valence-corrected chi connectivity index (χ1v) is 8.60. The Morgan fingerprint density at radius 3 is 2.50 bits per heavy atom. The number of hydrogen-bond donors (Lipinski definition) is 1. The van der Waals surface area contributed by atoms with Gasteiger partial charge in [-0.05, 0) is 43.3 Å². The average Bonchev–Trinajstić information content (AvgIpc) is 2.64. The van der Waals surface area contributed by atoms with E-state index in [-0.39, 0.29) is 11.6 Å². The normalized spacial score (nSPS) is 10.3. The van der Waals surface area contributed by atoms with Crippen LogP contribution in [0.1, 0.15) is 16.1 Å². The number of hydrogen-bond acceptors (Lipinski definition) is 5. The molecule has 7 heteroatoms. The number of nitrogens with zero attached hydrogens (tertiary/aromatic N) is 2. The van der Waals surface area contributed by atoms with Crippen molar-refractivity contribution in [3.63, 3.8) is 0 Å². The van der Waals surface area contributed by atoms with Crippen LogP contribution in [0.5, 0.6) is 0 Å². The Balaban J connectivity index is 1.82. The molecule has 130 valence electrons. The van der Waals surface area contributed by atoms with Crippen molar-refractivity contribution in [1.82, 2.24) is 4.98 Å². The molecule has 26 heavy (non-hydrogen) atoms. The van der Waals surface area contributed by atoms with Gasteiger partial charge in [-0.25, -0.2) is 0 Å². The number of benzene rings is 2. The number of anilines is 1. The monoisotopic (exact) mass is 365 g/mol. The molecule has 0 radical (unpaired) electrons. The van der Waals surface area contributed by atoms with Gasteiger partial charge in [0.2, 0.25) is 0 Å². The molecule has 0 fully saturated rings. The number of nitro benzene ring substituents is 1. The highest BCUT2D eigenvalue weighted by atomic mass is 32.2. The number of pyridine rings is 1. The molecule has 0 unspecified atom stereocenters. The Hall–Kier alpha value is -3.19. The van der Waals surface area contributed by atoms with Gasteiger partial charge in [0.15, 0.2) is 0 Å². The van der Waals surface area contributed by atoms with Crippen LogP contribution in [-0.4, -0.2) is 15.8 Å². The van der Waals surface area contributed by atoms with Crippen LogP contribution >= 0.6 is 11.8 Å². The topological polar surface area (TPSA) is 85.1 Å². The van der Waals surface area contributed by atoms with Gasteiger partial charge in [-0.2, -0.15) is 0 Å². The van der Waals surface area contributed by atoms with E-state index in [4.69, 9.17) is 0 Å². The van der Waals surface area contributed by atoms with Gasteiger partial charge in [0, 0.05) is 28.1 Å². The van der Waals surface area contributed by atoms with Crippen molar-refractivity contribution in [2.45, 2.75) is 16.7 Å². The maximum atomic E-state index is 12.7. The fourth-order valence-corrected chi connectivity index (χ4v) is 3.26. The Bertz CT molecular complexity index is 958. The maximum absolute atomic E-state index is 12.7. The zero-order valence-corrected chi connectivity index (χ0v) is 14.7. The Labute approximate surface area is 154 Å². The minimum Gasteiger partial charge on any atom is -0.320 e. The van der Waals surface area contributed by atoms with Crippen molar-refractivity contribution >= 4 is 29.0 Å². The SMILES string of the molecule is Cc1ncccc1NC(=O)c1ccccc1Sc1ccc([N+](=O)[O-])cc1. The number of aromatic nitrogens is 1. The van der Waals surface area contributed by atoms with Crippen molar-refractivity contribution in [3.8, 4) is 0 Å². The van der Waals surface area contributed by atoms with Crippen LogP contribution in [0.3, 0.4) is 0 Å². The number of nitrogens with one attached hydrogen (secondary N) is 1. The highest BCUT2D eigenvalue weighted by Crippen LogP contribution is 2.32. The number of non-ortho nitro benzene ring substituents is 1. The molecule has 0 saturated heterocycles. The zero-order chi connectivity index (χ0) is 18.5. The molecule has 0 aliphatic carbocycles.